The van der Waals surface area contributed by atoms with Crippen LogP contribution in [0.2, 0.25) is 0 Å². The van der Waals surface area contributed by atoms with Gasteiger partial charge in [-0.3, -0.25) is 4.79 Å². The molecular formula is C23H28N2O3S. The standard InChI is InChI=1S/C23H28N2O3S/c1-4-21(20-9-5-15(2)13-16(20)3)24-29(27,28)19-8-10-22-18(14-19)11-12-25(22)23(26)17-6-7-17/h5,8-10,13-14,17,21,24H,4,6-7,11-12H2,1-3H3/t21-/m1/s1. The molecule has 154 valence electrons. The third kappa shape index (κ3) is 3.96. The van der Waals surface area contributed by atoms with E-state index >= 15 is 0 Å². The van der Waals surface area contributed by atoms with Crippen LogP contribution in [0, 0.1) is 19.8 Å². The summed E-state index contributed by atoms with van der Waals surface area (Å²) in [6, 6.07) is 11.0. The average Bonchev–Trinajstić information content (AvgIpc) is 3.45. The highest BCUT2D eigenvalue weighted by Crippen LogP contribution is 2.37. The lowest BCUT2D eigenvalue weighted by Crippen LogP contribution is -2.30. The second-order valence-electron chi connectivity index (χ2n) is 8.25. The minimum atomic E-state index is -3.66. The molecule has 0 spiro atoms. The second kappa shape index (κ2) is 7.58. The van der Waals surface area contributed by atoms with E-state index in [-0.39, 0.29) is 22.8 Å². The van der Waals surface area contributed by atoms with Crippen LogP contribution >= 0.6 is 0 Å². The summed E-state index contributed by atoms with van der Waals surface area (Å²) in [4.78, 5) is 14.5. The average molecular weight is 413 g/mol. The number of anilines is 1. The number of nitrogens with zero attached hydrogens (tertiary/aromatic N) is 1. The van der Waals surface area contributed by atoms with Crippen molar-refractivity contribution in [2.75, 3.05) is 11.4 Å². The molecular weight excluding hydrogens is 384 g/mol. The van der Waals surface area contributed by atoms with Crippen molar-refractivity contribution in [3.05, 3.63) is 58.7 Å². The van der Waals surface area contributed by atoms with Crippen LogP contribution in [0.5, 0.6) is 0 Å². The smallest absolute Gasteiger partial charge is 0.241 e. The SMILES string of the molecule is CC[C@@H](NS(=O)(=O)c1ccc2c(c1)CCN2C(=O)C1CC1)c1ccc(C)cc1C. The Labute approximate surface area is 173 Å². The van der Waals surface area contributed by atoms with E-state index in [9.17, 15) is 13.2 Å². The van der Waals surface area contributed by atoms with Crippen molar-refractivity contribution in [1.82, 2.24) is 4.72 Å². The molecule has 1 N–H and O–H groups in total. The fourth-order valence-electron chi connectivity index (χ4n) is 4.16. The highest BCUT2D eigenvalue weighted by molar-refractivity contribution is 7.89. The molecule has 0 radical (unpaired) electrons. The zero-order valence-corrected chi connectivity index (χ0v) is 18.1. The van der Waals surface area contributed by atoms with E-state index in [2.05, 4.69) is 10.8 Å². The van der Waals surface area contributed by atoms with Gasteiger partial charge in [-0.1, -0.05) is 30.7 Å². The van der Waals surface area contributed by atoms with Crippen LogP contribution < -0.4 is 9.62 Å². The number of hydrogen-bond donors (Lipinski definition) is 1. The van der Waals surface area contributed by atoms with E-state index in [1.807, 2.05) is 37.8 Å². The monoisotopic (exact) mass is 412 g/mol. The Hall–Kier alpha value is -2.18. The van der Waals surface area contributed by atoms with Crippen molar-refractivity contribution in [3.63, 3.8) is 0 Å². The van der Waals surface area contributed by atoms with Crippen LogP contribution in [0.15, 0.2) is 41.3 Å². The van der Waals surface area contributed by atoms with E-state index in [1.165, 1.54) is 0 Å². The van der Waals surface area contributed by atoms with Crippen molar-refractivity contribution in [1.29, 1.82) is 0 Å². The van der Waals surface area contributed by atoms with Crippen molar-refractivity contribution in [3.8, 4) is 0 Å². The number of benzene rings is 2. The molecule has 6 heteroatoms. The van der Waals surface area contributed by atoms with Gasteiger partial charge in [0.25, 0.3) is 0 Å². The molecule has 2 aromatic rings. The number of hydrogen-bond acceptors (Lipinski definition) is 3. The predicted octanol–water partition coefficient (Wildman–Crippen LogP) is 4.03. The third-order valence-electron chi connectivity index (χ3n) is 5.96. The Bertz CT molecular complexity index is 1060. The molecule has 2 aromatic carbocycles. The van der Waals surface area contributed by atoms with Gasteiger partial charge in [-0.2, -0.15) is 0 Å². The van der Waals surface area contributed by atoms with Crippen molar-refractivity contribution < 1.29 is 13.2 Å². The lowest BCUT2D eigenvalue weighted by molar-refractivity contribution is -0.119. The van der Waals surface area contributed by atoms with E-state index in [0.29, 0.717) is 19.4 Å². The minimum absolute atomic E-state index is 0.161. The number of nitrogens with one attached hydrogen (secondary N) is 1. The van der Waals surface area contributed by atoms with Gasteiger partial charge in [0, 0.05) is 24.2 Å². The van der Waals surface area contributed by atoms with Crippen molar-refractivity contribution >= 4 is 21.6 Å². The van der Waals surface area contributed by atoms with Crippen LogP contribution in [0.1, 0.15) is 54.5 Å². The van der Waals surface area contributed by atoms with Gasteiger partial charge in [-0.15, -0.1) is 0 Å². The molecule has 29 heavy (non-hydrogen) atoms. The van der Waals surface area contributed by atoms with Crippen LogP contribution in [0.4, 0.5) is 5.69 Å². The number of carbonyl (C=O) groups excluding carboxylic acids is 1. The Morgan fingerprint density at radius 3 is 2.59 bits per heavy atom. The number of fused-ring (bicyclic) bond motifs is 1. The normalized spacial score (nSPS) is 17.3. The zero-order valence-electron chi connectivity index (χ0n) is 17.2. The molecule has 0 bridgehead atoms. The fourth-order valence-corrected chi connectivity index (χ4v) is 5.51. The van der Waals surface area contributed by atoms with E-state index < -0.39 is 10.0 Å². The summed E-state index contributed by atoms with van der Waals surface area (Å²) in [6.45, 7) is 6.67. The van der Waals surface area contributed by atoms with Crippen LogP contribution in [-0.2, 0) is 21.2 Å². The predicted molar refractivity (Wildman–Crippen MR) is 114 cm³/mol. The first-order valence-electron chi connectivity index (χ1n) is 10.3. The van der Waals surface area contributed by atoms with Gasteiger partial charge in [0.05, 0.1) is 4.90 Å². The highest BCUT2D eigenvalue weighted by atomic mass is 32.2. The lowest BCUT2D eigenvalue weighted by Gasteiger charge is -2.21. The summed E-state index contributed by atoms with van der Waals surface area (Å²) in [5, 5.41) is 0. The molecule has 0 aromatic heterocycles. The first-order chi connectivity index (χ1) is 13.8. The maximum atomic E-state index is 13.1. The Morgan fingerprint density at radius 1 is 1.17 bits per heavy atom. The van der Waals surface area contributed by atoms with Gasteiger partial charge in [0.1, 0.15) is 0 Å². The van der Waals surface area contributed by atoms with Gasteiger partial charge in [-0.05, 0) is 74.4 Å². The van der Waals surface area contributed by atoms with Crippen molar-refractivity contribution in [2.45, 2.75) is 57.4 Å². The van der Waals surface area contributed by atoms with Gasteiger partial charge in [-0.25, -0.2) is 13.1 Å². The molecule has 1 aliphatic carbocycles. The highest BCUT2D eigenvalue weighted by Gasteiger charge is 2.36. The summed E-state index contributed by atoms with van der Waals surface area (Å²) in [5.74, 6) is 0.340. The molecule has 0 unspecified atom stereocenters. The molecule has 1 atom stereocenters. The maximum absolute atomic E-state index is 13.1. The van der Waals surface area contributed by atoms with Crippen LogP contribution in [0.3, 0.4) is 0 Å². The van der Waals surface area contributed by atoms with Gasteiger partial charge < -0.3 is 4.90 Å². The lowest BCUT2D eigenvalue weighted by atomic mass is 9.98. The largest absolute Gasteiger partial charge is 0.312 e. The molecule has 4 rings (SSSR count). The first kappa shape index (κ1) is 20.1. The van der Waals surface area contributed by atoms with Gasteiger partial charge in [0.2, 0.25) is 15.9 Å². The number of carbonyl (C=O) groups is 1. The zero-order chi connectivity index (χ0) is 20.8. The van der Waals surface area contributed by atoms with Gasteiger partial charge in [0.15, 0.2) is 0 Å². The summed E-state index contributed by atoms with van der Waals surface area (Å²) in [7, 11) is -3.66. The first-order valence-corrected chi connectivity index (χ1v) is 11.8. The quantitative estimate of drug-likeness (QED) is 0.779. The van der Waals surface area contributed by atoms with Crippen LogP contribution in [0.25, 0.3) is 0 Å². The molecule has 1 heterocycles. The molecule has 1 fully saturated rings. The summed E-state index contributed by atoms with van der Waals surface area (Å²) in [5.41, 5.74) is 5.04. The van der Waals surface area contributed by atoms with Crippen molar-refractivity contribution in [2.24, 2.45) is 5.92 Å². The fraction of sp³-hybridized carbons (Fsp3) is 0.435. The minimum Gasteiger partial charge on any atom is -0.312 e. The van der Waals surface area contributed by atoms with E-state index in [0.717, 1.165) is 40.8 Å². The number of rotatable bonds is 6. The molecule has 1 amide bonds. The molecule has 0 saturated heterocycles. The van der Waals surface area contributed by atoms with Gasteiger partial charge >= 0.3 is 0 Å². The van der Waals surface area contributed by atoms with E-state index in [1.54, 1.807) is 18.2 Å². The number of aryl methyl sites for hydroxylation is 2. The number of sulfonamides is 1. The molecule has 2 aliphatic rings. The van der Waals surface area contributed by atoms with Crippen LogP contribution in [-0.4, -0.2) is 20.9 Å². The summed E-state index contributed by atoms with van der Waals surface area (Å²) < 4.78 is 29.1. The summed E-state index contributed by atoms with van der Waals surface area (Å²) >= 11 is 0. The Kier molecular flexibility index (Phi) is 5.25. The molecule has 1 aliphatic heterocycles. The molecule has 5 nitrogen and oxygen atoms in total. The Balaban J connectivity index is 1.58. The summed E-state index contributed by atoms with van der Waals surface area (Å²) in [6.07, 6.45) is 3.30. The maximum Gasteiger partial charge on any atom is 0.241 e. The van der Waals surface area contributed by atoms with E-state index in [4.69, 9.17) is 0 Å². The topological polar surface area (TPSA) is 66.5 Å². The second-order valence-corrected chi connectivity index (χ2v) is 9.96. The Morgan fingerprint density at radius 2 is 1.93 bits per heavy atom. The molecule has 1 saturated carbocycles. The number of amides is 1. The third-order valence-corrected chi connectivity index (χ3v) is 7.43.